The fourth-order valence-electron chi connectivity index (χ4n) is 2.89. The fourth-order valence-corrected chi connectivity index (χ4v) is 4.55. The number of carbonyl (C=O) groups is 2. The zero-order chi connectivity index (χ0) is 18.8. The molecule has 0 spiro atoms. The van der Waals surface area contributed by atoms with E-state index in [2.05, 4.69) is 10.3 Å². The van der Waals surface area contributed by atoms with Gasteiger partial charge >= 0.3 is 0 Å². The molecule has 0 saturated heterocycles. The van der Waals surface area contributed by atoms with Crippen molar-refractivity contribution in [2.24, 2.45) is 5.92 Å². The van der Waals surface area contributed by atoms with Crippen LogP contribution in [-0.4, -0.2) is 16.7 Å². The van der Waals surface area contributed by atoms with Gasteiger partial charge in [0.15, 0.2) is 10.9 Å². The van der Waals surface area contributed by atoms with Gasteiger partial charge in [-0.3, -0.25) is 9.59 Å². The molecule has 3 aromatic rings. The van der Waals surface area contributed by atoms with Crippen molar-refractivity contribution >= 4 is 45.2 Å². The van der Waals surface area contributed by atoms with E-state index in [4.69, 9.17) is 5.73 Å². The van der Waals surface area contributed by atoms with Gasteiger partial charge in [0, 0.05) is 28.5 Å². The molecule has 1 aliphatic rings. The van der Waals surface area contributed by atoms with Crippen molar-refractivity contribution in [2.75, 3.05) is 11.1 Å². The third kappa shape index (κ3) is 4.26. The number of benzene rings is 1. The summed E-state index contributed by atoms with van der Waals surface area (Å²) in [5, 5.41) is 5.41. The number of anilines is 2. The molecule has 0 radical (unpaired) electrons. The first kappa shape index (κ1) is 17.9. The molecule has 0 bridgehead atoms. The first-order chi connectivity index (χ1) is 13.1. The highest BCUT2D eigenvalue weighted by Gasteiger charge is 2.30. The monoisotopic (exact) mass is 397 g/mol. The number of nitrogens with one attached hydrogen (secondary N) is 1. The average Bonchev–Trinajstić information content (AvgIpc) is 3.23. The smallest absolute Gasteiger partial charge is 0.224 e. The van der Waals surface area contributed by atoms with Crippen molar-refractivity contribution in [3.8, 4) is 10.6 Å². The van der Waals surface area contributed by atoms with E-state index < -0.39 is 0 Å². The number of aromatic nitrogens is 1. The molecule has 2 heterocycles. The number of amides is 1. The predicted octanol–water partition coefficient (Wildman–Crippen LogP) is 4.62. The van der Waals surface area contributed by atoms with Gasteiger partial charge in [-0.1, -0.05) is 6.07 Å². The van der Waals surface area contributed by atoms with Gasteiger partial charge in [0.25, 0.3) is 0 Å². The lowest BCUT2D eigenvalue weighted by Crippen LogP contribution is -2.12. The molecule has 1 fully saturated rings. The third-order valence-corrected chi connectivity index (χ3v) is 6.27. The van der Waals surface area contributed by atoms with Crippen LogP contribution in [0.3, 0.4) is 0 Å². The van der Waals surface area contributed by atoms with Crippen molar-refractivity contribution in [3.63, 3.8) is 0 Å². The molecule has 1 amide bonds. The van der Waals surface area contributed by atoms with Gasteiger partial charge in [-0.05, 0) is 55.0 Å². The highest BCUT2D eigenvalue weighted by Crippen LogP contribution is 2.34. The molecule has 138 valence electrons. The summed E-state index contributed by atoms with van der Waals surface area (Å²) in [6.45, 7) is 0. The predicted molar refractivity (Wildman–Crippen MR) is 110 cm³/mol. The van der Waals surface area contributed by atoms with E-state index in [0.29, 0.717) is 23.7 Å². The highest BCUT2D eigenvalue weighted by atomic mass is 32.1. The van der Waals surface area contributed by atoms with Crippen LogP contribution in [-0.2, 0) is 11.2 Å². The standard InChI is InChI=1S/C20H19N3O2S2/c21-20-23-18(15-2-1-11-26-15)16(27-20)9-10-17(24)22-14-7-5-13(6-8-14)19(25)12-3-4-12/h1-2,5-8,11-12H,3-4,9-10H2,(H2,21,23)(H,22,24). The molecule has 0 unspecified atom stereocenters. The number of carbonyl (C=O) groups excluding carboxylic acids is 2. The molecule has 0 aliphatic heterocycles. The second-order valence-corrected chi connectivity index (χ2v) is 8.63. The molecule has 3 N–H and O–H groups in total. The Balaban J connectivity index is 1.36. The molecule has 27 heavy (non-hydrogen) atoms. The number of Topliss-reactive ketones (excluding diaryl/α,β-unsaturated/α-hetero) is 1. The normalized spacial score (nSPS) is 13.5. The third-order valence-electron chi connectivity index (χ3n) is 4.45. The van der Waals surface area contributed by atoms with Gasteiger partial charge in [-0.2, -0.15) is 0 Å². The van der Waals surface area contributed by atoms with Gasteiger partial charge < -0.3 is 11.1 Å². The second-order valence-electron chi connectivity index (χ2n) is 6.57. The van der Waals surface area contributed by atoms with Crippen molar-refractivity contribution in [1.29, 1.82) is 0 Å². The fraction of sp³-hybridized carbons (Fsp3) is 0.250. The number of rotatable bonds is 7. The van der Waals surface area contributed by atoms with E-state index in [1.165, 1.54) is 11.3 Å². The first-order valence-corrected chi connectivity index (χ1v) is 10.5. The van der Waals surface area contributed by atoms with Gasteiger partial charge in [0.05, 0.1) is 10.6 Å². The summed E-state index contributed by atoms with van der Waals surface area (Å²) in [4.78, 5) is 30.8. The zero-order valence-corrected chi connectivity index (χ0v) is 16.2. The Bertz CT molecular complexity index is 958. The van der Waals surface area contributed by atoms with Crippen molar-refractivity contribution < 1.29 is 9.59 Å². The molecule has 7 heteroatoms. The van der Waals surface area contributed by atoms with Gasteiger partial charge in [-0.25, -0.2) is 4.98 Å². The Morgan fingerprint density at radius 1 is 1.19 bits per heavy atom. The molecular formula is C20H19N3O2S2. The molecule has 1 aliphatic carbocycles. The molecular weight excluding hydrogens is 378 g/mol. The Hall–Kier alpha value is -2.51. The number of ketones is 1. The maximum absolute atomic E-state index is 12.3. The number of hydrogen-bond donors (Lipinski definition) is 2. The minimum Gasteiger partial charge on any atom is -0.375 e. The summed E-state index contributed by atoms with van der Waals surface area (Å²) in [5.74, 6) is 0.340. The number of aryl methyl sites for hydroxylation is 1. The molecule has 0 atom stereocenters. The van der Waals surface area contributed by atoms with E-state index in [1.807, 2.05) is 17.5 Å². The number of nitrogens with zero attached hydrogens (tertiary/aromatic N) is 1. The van der Waals surface area contributed by atoms with Gasteiger partial charge in [0.1, 0.15) is 0 Å². The summed E-state index contributed by atoms with van der Waals surface area (Å²) >= 11 is 3.04. The van der Waals surface area contributed by atoms with Crippen LogP contribution in [0.4, 0.5) is 10.8 Å². The van der Waals surface area contributed by atoms with Gasteiger partial charge in [-0.15, -0.1) is 22.7 Å². The first-order valence-electron chi connectivity index (χ1n) is 8.83. The van der Waals surface area contributed by atoms with Crippen molar-refractivity contribution in [3.05, 3.63) is 52.2 Å². The van der Waals surface area contributed by atoms with Crippen LogP contribution < -0.4 is 11.1 Å². The van der Waals surface area contributed by atoms with E-state index in [9.17, 15) is 9.59 Å². The SMILES string of the molecule is Nc1nc(-c2cccs2)c(CCC(=O)Nc2ccc(C(=O)C3CC3)cc2)s1. The number of hydrogen-bond acceptors (Lipinski definition) is 6. The van der Waals surface area contributed by atoms with Crippen LogP contribution >= 0.6 is 22.7 Å². The van der Waals surface area contributed by atoms with Crippen molar-refractivity contribution in [2.45, 2.75) is 25.7 Å². The van der Waals surface area contributed by atoms with Crippen LogP contribution in [0.5, 0.6) is 0 Å². The Morgan fingerprint density at radius 3 is 2.63 bits per heavy atom. The minimum absolute atomic E-state index is 0.0691. The maximum atomic E-state index is 12.3. The Morgan fingerprint density at radius 2 is 1.96 bits per heavy atom. The molecule has 1 saturated carbocycles. The lowest BCUT2D eigenvalue weighted by molar-refractivity contribution is -0.116. The summed E-state index contributed by atoms with van der Waals surface area (Å²) in [7, 11) is 0. The quantitative estimate of drug-likeness (QED) is 0.570. The lowest BCUT2D eigenvalue weighted by atomic mass is 10.1. The topological polar surface area (TPSA) is 85.1 Å². The zero-order valence-electron chi connectivity index (χ0n) is 14.6. The molecule has 4 rings (SSSR count). The maximum Gasteiger partial charge on any atom is 0.224 e. The van der Waals surface area contributed by atoms with Crippen LogP contribution in [0.25, 0.3) is 10.6 Å². The summed E-state index contributed by atoms with van der Waals surface area (Å²) in [5.41, 5.74) is 8.16. The number of nitrogens with two attached hydrogens (primary N) is 1. The molecule has 2 aromatic heterocycles. The minimum atomic E-state index is -0.0691. The number of thiophene rings is 1. The second kappa shape index (κ2) is 7.62. The largest absolute Gasteiger partial charge is 0.375 e. The van der Waals surface area contributed by atoms with E-state index >= 15 is 0 Å². The van der Waals surface area contributed by atoms with Crippen LogP contribution in [0.1, 0.15) is 34.5 Å². The molecule has 1 aromatic carbocycles. The average molecular weight is 398 g/mol. The van der Waals surface area contributed by atoms with Crippen LogP contribution in [0.15, 0.2) is 41.8 Å². The Kier molecular flexibility index (Phi) is 5.05. The van der Waals surface area contributed by atoms with E-state index in [1.54, 1.807) is 35.6 Å². The summed E-state index contributed by atoms with van der Waals surface area (Å²) in [6, 6.07) is 11.1. The lowest BCUT2D eigenvalue weighted by Gasteiger charge is -2.06. The Labute approximate surface area is 165 Å². The van der Waals surface area contributed by atoms with Gasteiger partial charge in [0.2, 0.25) is 5.91 Å². The van der Waals surface area contributed by atoms with E-state index in [0.717, 1.165) is 33.9 Å². The van der Waals surface area contributed by atoms with E-state index in [-0.39, 0.29) is 17.6 Å². The number of nitrogen functional groups attached to an aromatic ring is 1. The van der Waals surface area contributed by atoms with Crippen LogP contribution in [0.2, 0.25) is 0 Å². The number of thiazole rings is 1. The van der Waals surface area contributed by atoms with Crippen LogP contribution in [0, 0.1) is 5.92 Å². The summed E-state index contributed by atoms with van der Waals surface area (Å²) in [6.07, 6.45) is 2.93. The van der Waals surface area contributed by atoms with Crippen molar-refractivity contribution in [1.82, 2.24) is 4.98 Å². The highest BCUT2D eigenvalue weighted by molar-refractivity contribution is 7.17. The molecule has 5 nitrogen and oxygen atoms in total. The summed E-state index contributed by atoms with van der Waals surface area (Å²) < 4.78 is 0.